The summed E-state index contributed by atoms with van der Waals surface area (Å²) in [6.45, 7) is 2.39. The molecule has 0 spiro atoms. The molecule has 1 unspecified atom stereocenters. The fraction of sp³-hybridized carbons (Fsp3) is 0.278. The van der Waals surface area contributed by atoms with Crippen molar-refractivity contribution in [3.8, 4) is 17.3 Å². The number of ether oxygens (including phenoxy) is 1. The monoisotopic (exact) mass is 380 g/mol. The smallest absolute Gasteiger partial charge is 0.242 e. The van der Waals surface area contributed by atoms with Crippen LogP contribution in [0.15, 0.2) is 30.7 Å². The molecule has 5 heterocycles. The lowest BCUT2D eigenvalue weighted by Crippen LogP contribution is -2.13. The van der Waals surface area contributed by atoms with E-state index in [-0.39, 0.29) is 6.04 Å². The van der Waals surface area contributed by atoms with E-state index in [2.05, 4.69) is 30.5 Å². The number of pyridine rings is 1. The number of hydrogen-bond donors (Lipinski definition) is 1. The predicted octanol–water partition coefficient (Wildman–Crippen LogP) is 2.85. The highest BCUT2D eigenvalue weighted by molar-refractivity contribution is 5.81. The van der Waals surface area contributed by atoms with E-state index >= 15 is 0 Å². The third-order valence-corrected chi connectivity index (χ3v) is 4.78. The minimum atomic E-state index is -0.538. The van der Waals surface area contributed by atoms with Gasteiger partial charge < -0.3 is 10.1 Å². The van der Waals surface area contributed by atoms with Crippen LogP contribution in [0.5, 0.6) is 5.88 Å². The zero-order valence-electron chi connectivity index (χ0n) is 15.3. The Bertz CT molecular complexity index is 1180. The maximum Gasteiger partial charge on any atom is 0.242 e. The van der Waals surface area contributed by atoms with E-state index in [4.69, 9.17) is 4.74 Å². The van der Waals surface area contributed by atoms with Crippen LogP contribution in [-0.2, 0) is 7.05 Å². The maximum absolute atomic E-state index is 14.3. The minimum absolute atomic E-state index is 0.0732. The molecule has 4 bridgehead atoms. The van der Waals surface area contributed by atoms with Gasteiger partial charge >= 0.3 is 0 Å². The topological polar surface area (TPSA) is 95.6 Å². The summed E-state index contributed by atoms with van der Waals surface area (Å²) in [5.74, 6) is 1.64. The van der Waals surface area contributed by atoms with E-state index in [1.807, 2.05) is 6.92 Å². The largest absolute Gasteiger partial charge is 0.477 e. The van der Waals surface area contributed by atoms with E-state index in [1.54, 1.807) is 40.9 Å². The van der Waals surface area contributed by atoms with Gasteiger partial charge in [-0.05, 0) is 13.0 Å². The number of aromatic nitrogens is 7. The molecule has 0 aliphatic carbocycles. The molecule has 1 atom stereocenters. The quantitative estimate of drug-likeness (QED) is 0.501. The van der Waals surface area contributed by atoms with Crippen LogP contribution >= 0.6 is 0 Å². The third kappa shape index (κ3) is 2.65. The third-order valence-electron chi connectivity index (χ3n) is 4.78. The van der Waals surface area contributed by atoms with Gasteiger partial charge in [-0.2, -0.15) is 9.49 Å². The Kier molecular flexibility index (Phi) is 3.71. The Hall–Kier alpha value is -3.56. The Labute approximate surface area is 159 Å². The van der Waals surface area contributed by atoms with Gasteiger partial charge in [-0.25, -0.2) is 19.6 Å². The van der Waals surface area contributed by atoms with Crippen molar-refractivity contribution in [2.75, 3.05) is 11.9 Å². The highest BCUT2D eigenvalue weighted by Crippen LogP contribution is 2.30. The van der Waals surface area contributed by atoms with Gasteiger partial charge in [0.15, 0.2) is 5.82 Å². The zero-order chi connectivity index (χ0) is 19.3. The molecule has 28 heavy (non-hydrogen) atoms. The normalized spacial score (nSPS) is 16.3. The van der Waals surface area contributed by atoms with Gasteiger partial charge in [0, 0.05) is 31.9 Å². The van der Waals surface area contributed by atoms with E-state index in [9.17, 15) is 4.39 Å². The van der Waals surface area contributed by atoms with Crippen molar-refractivity contribution < 1.29 is 9.13 Å². The van der Waals surface area contributed by atoms with Crippen LogP contribution in [0.2, 0.25) is 0 Å². The number of anilines is 2. The van der Waals surface area contributed by atoms with Crippen LogP contribution in [0.25, 0.3) is 22.3 Å². The molecule has 5 rings (SSSR count). The number of halogens is 1. The van der Waals surface area contributed by atoms with Crippen molar-refractivity contribution in [1.82, 2.24) is 34.5 Å². The number of fused-ring (bicyclic) bond motifs is 5. The molecule has 0 saturated carbocycles. The van der Waals surface area contributed by atoms with Crippen molar-refractivity contribution >= 4 is 22.5 Å². The van der Waals surface area contributed by atoms with Crippen molar-refractivity contribution in [3.05, 3.63) is 36.7 Å². The Balaban J connectivity index is 1.67. The Morgan fingerprint density at radius 1 is 1.25 bits per heavy atom. The van der Waals surface area contributed by atoms with Gasteiger partial charge in [0.25, 0.3) is 0 Å². The molecule has 4 aromatic rings. The predicted molar refractivity (Wildman–Crippen MR) is 99.8 cm³/mol. The minimum Gasteiger partial charge on any atom is -0.477 e. The van der Waals surface area contributed by atoms with Crippen molar-refractivity contribution in [1.29, 1.82) is 0 Å². The Morgan fingerprint density at radius 3 is 3.04 bits per heavy atom. The fourth-order valence-corrected chi connectivity index (χ4v) is 3.29. The molecule has 0 radical (unpaired) electrons. The second kappa shape index (κ2) is 6.25. The molecule has 142 valence electrons. The zero-order valence-corrected chi connectivity index (χ0v) is 15.3. The van der Waals surface area contributed by atoms with Gasteiger partial charge in [-0.1, -0.05) is 0 Å². The summed E-state index contributed by atoms with van der Waals surface area (Å²) < 4.78 is 23.6. The molecule has 0 saturated heterocycles. The van der Waals surface area contributed by atoms with Crippen LogP contribution in [-0.4, -0.2) is 41.1 Å². The molecule has 4 aromatic heterocycles. The van der Waals surface area contributed by atoms with Gasteiger partial charge in [0.1, 0.15) is 17.2 Å². The van der Waals surface area contributed by atoms with E-state index in [0.717, 1.165) is 0 Å². The summed E-state index contributed by atoms with van der Waals surface area (Å²) in [6.07, 6.45) is 5.44. The number of rotatable bonds is 0. The first-order valence-electron chi connectivity index (χ1n) is 8.89. The maximum atomic E-state index is 14.3. The van der Waals surface area contributed by atoms with E-state index in [0.29, 0.717) is 52.8 Å². The van der Waals surface area contributed by atoms with Crippen LogP contribution in [0.3, 0.4) is 0 Å². The molecule has 1 aliphatic rings. The van der Waals surface area contributed by atoms with E-state index < -0.39 is 5.95 Å². The van der Waals surface area contributed by atoms with Crippen LogP contribution < -0.4 is 10.1 Å². The number of nitrogens with zero attached hydrogens (tertiary/aromatic N) is 7. The standard InChI is InChI=1S/C18H17FN8O/c1-10-4-6-28-18-12(9-22-26(18)2)17-20-5-3-14(24-17)23-15-7-13-11(8-21-15)16(19)25-27(10)13/h3,5,7-10H,4,6H2,1-2H3,(H,20,21,23,24). The lowest BCUT2D eigenvalue weighted by molar-refractivity contribution is 0.259. The number of aryl methyl sites for hydroxylation is 1. The van der Waals surface area contributed by atoms with E-state index in [1.165, 1.54) is 6.20 Å². The Morgan fingerprint density at radius 2 is 2.14 bits per heavy atom. The highest BCUT2D eigenvalue weighted by Gasteiger charge is 2.19. The average Bonchev–Trinajstić information content (AvgIpc) is 3.22. The van der Waals surface area contributed by atoms with Crippen LogP contribution in [0.4, 0.5) is 16.0 Å². The van der Waals surface area contributed by atoms with Crippen molar-refractivity contribution in [3.63, 3.8) is 0 Å². The van der Waals surface area contributed by atoms with Gasteiger partial charge in [-0.15, -0.1) is 5.10 Å². The first-order chi connectivity index (χ1) is 13.6. The number of nitrogens with one attached hydrogen (secondary N) is 1. The summed E-state index contributed by atoms with van der Waals surface area (Å²) in [5, 5.41) is 11.9. The van der Waals surface area contributed by atoms with Crippen molar-refractivity contribution in [2.45, 2.75) is 19.4 Å². The first kappa shape index (κ1) is 16.6. The summed E-state index contributed by atoms with van der Waals surface area (Å²) in [7, 11) is 1.80. The highest BCUT2D eigenvalue weighted by atomic mass is 19.1. The summed E-state index contributed by atoms with van der Waals surface area (Å²) >= 11 is 0. The first-order valence-corrected chi connectivity index (χ1v) is 8.89. The SMILES string of the molecule is CC1CCOc2c(cnn2C)-c2nccc(n2)Nc2cc3c(cn2)c(F)nn31. The lowest BCUT2D eigenvalue weighted by Gasteiger charge is -2.16. The molecule has 0 fully saturated rings. The number of hydrogen-bond acceptors (Lipinski definition) is 7. The second-order valence-corrected chi connectivity index (χ2v) is 6.69. The van der Waals surface area contributed by atoms with Gasteiger partial charge in [-0.3, -0.25) is 4.68 Å². The van der Waals surface area contributed by atoms with Crippen molar-refractivity contribution in [2.24, 2.45) is 7.05 Å². The molecule has 1 aliphatic heterocycles. The fourth-order valence-electron chi connectivity index (χ4n) is 3.29. The molecule has 9 nitrogen and oxygen atoms in total. The van der Waals surface area contributed by atoms with Crippen LogP contribution in [0.1, 0.15) is 19.4 Å². The molecule has 1 N–H and O–H groups in total. The van der Waals surface area contributed by atoms with Gasteiger partial charge in [0.05, 0.1) is 29.7 Å². The van der Waals surface area contributed by atoms with Gasteiger partial charge in [0.2, 0.25) is 11.8 Å². The molecular weight excluding hydrogens is 363 g/mol. The lowest BCUT2D eigenvalue weighted by atomic mass is 10.2. The molecular formula is C18H17FN8O. The molecule has 0 aromatic carbocycles. The summed E-state index contributed by atoms with van der Waals surface area (Å²) in [4.78, 5) is 13.2. The van der Waals surface area contributed by atoms with Crippen LogP contribution in [0, 0.1) is 5.95 Å². The second-order valence-electron chi connectivity index (χ2n) is 6.69. The average molecular weight is 380 g/mol. The summed E-state index contributed by atoms with van der Waals surface area (Å²) in [6, 6.07) is 3.43. The molecule has 0 amide bonds. The molecule has 10 heteroatoms. The summed E-state index contributed by atoms with van der Waals surface area (Å²) in [5.41, 5.74) is 1.36.